The number of hydrogen-bond donors (Lipinski definition) is 1. The SMILES string of the molecule is CCOc1cc(C2/C(=C(\O)c3cc(C)ccc3OC)C(=O)C(=O)N2c2ccc(C)cc2C)ccc1OC. The van der Waals surface area contributed by atoms with Gasteiger partial charge in [0.25, 0.3) is 11.7 Å². The van der Waals surface area contributed by atoms with E-state index in [1.54, 1.807) is 37.4 Å². The Labute approximate surface area is 216 Å². The topological polar surface area (TPSA) is 85.3 Å². The summed E-state index contributed by atoms with van der Waals surface area (Å²) < 4.78 is 16.7. The minimum absolute atomic E-state index is 0.0264. The first-order valence-electron chi connectivity index (χ1n) is 12.1. The van der Waals surface area contributed by atoms with Gasteiger partial charge in [-0.1, -0.05) is 35.4 Å². The molecule has 7 nitrogen and oxygen atoms in total. The van der Waals surface area contributed by atoms with Gasteiger partial charge in [-0.05, 0) is 69.2 Å². The summed E-state index contributed by atoms with van der Waals surface area (Å²) in [4.78, 5) is 28.6. The van der Waals surface area contributed by atoms with Gasteiger partial charge in [0.2, 0.25) is 0 Å². The summed E-state index contributed by atoms with van der Waals surface area (Å²) in [6, 6.07) is 15.3. The number of aliphatic hydroxyl groups excluding tert-OH is 1. The molecule has 3 aromatic rings. The molecule has 7 heteroatoms. The monoisotopic (exact) mass is 501 g/mol. The van der Waals surface area contributed by atoms with Crippen LogP contribution in [0.25, 0.3) is 5.76 Å². The van der Waals surface area contributed by atoms with Crippen LogP contribution in [0, 0.1) is 20.8 Å². The van der Waals surface area contributed by atoms with Gasteiger partial charge in [-0.3, -0.25) is 14.5 Å². The summed E-state index contributed by atoms with van der Waals surface area (Å²) in [5.74, 6) is -0.413. The summed E-state index contributed by atoms with van der Waals surface area (Å²) in [5, 5.41) is 11.6. The van der Waals surface area contributed by atoms with Crippen LogP contribution in [-0.2, 0) is 9.59 Å². The molecule has 37 heavy (non-hydrogen) atoms. The van der Waals surface area contributed by atoms with E-state index < -0.39 is 17.7 Å². The van der Waals surface area contributed by atoms with Crippen molar-refractivity contribution in [3.63, 3.8) is 0 Å². The second kappa shape index (κ2) is 10.4. The highest BCUT2D eigenvalue weighted by Crippen LogP contribution is 2.45. The van der Waals surface area contributed by atoms with Crippen LogP contribution in [-0.4, -0.2) is 37.6 Å². The second-order valence-corrected chi connectivity index (χ2v) is 9.01. The number of rotatable bonds is 7. The summed E-state index contributed by atoms with van der Waals surface area (Å²) in [6.07, 6.45) is 0. The number of aryl methyl sites for hydroxylation is 3. The average molecular weight is 502 g/mol. The number of hydrogen-bond acceptors (Lipinski definition) is 6. The third-order valence-electron chi connectivity index (χ3n) is 6.47. The lowest BCUT2D eigenvalue weighted by Gasteiger charge is -2.27. The fraction of sp³-hybridized carbons (Fsp3) is 0.267. The van der Waals surface area contributed by atoms with Gasteiger partial charge in [0.15, 0.2) is 11.5 Å². The Bertz CT molecular complexity index is 1410. The van der Waals surface area contributed by atoms with Crippen molar-refractivity contribution in [3.8, 4) is 17.2 Å². The maximum atomic E-state index is 13.6. The van der Waals surface area contributed by atoms with E-state index in [0.717, 1.165) is 16.7 Å². The van der Waals surface area contributed by atoms with E-state index in [1.807, 2.05) is 52.0 Å². The number of ketones is 1. The van der Waals surface area contributed by atoms with Gasteiger partial charge < -0.3 is 19.3 Å². The molecule has 1 saturated heterocycles. The lowest BCUT2D eigenvalue weighted by atomic mass is 9.93. The van der Waals surface area contributed by atoms with Gasteiger partial charge in [0.05, 0.1) is 38.0 Å². The third-order valence-corrected chi connectivity index (χ3v) is 6.47. The number of carbonyl (C=O) groups is 2. The smallest absolute Gasteiger partial charge is 0.300 e. The molecular weight excluding hydrogens is 470 g/mol. The van der Waals surface area contributed by atoms with Crippen LogP contribution in [0.15, 0.2) is 60.2 Å². The first-order chi connectivity index (χ1) is 17.7. The summed E-state index contributed by atoms with van der Waals surface area (Å²) in [7, 11) is 3.04. The van der Waals surface area contributed by atoms with Crippen LogP contribution in [0.4, 0.5) is 5.69 Å². The van der Waals surface area contributed by atoms with Crippen LogP contribution in [0.5, 0.6) is 17.2 Å². The largest absolute Gasteiger partial charge is 0.507 e. The predicted molar refractivity (Wildman–Crippen MR) is 143 cm³/mol. The number of ether oxygens (including phenoxy) is 3. The Kier molecular flexibility index (Phi) is 7.25. The Morgan fingerprint density at radius 3 is 2.16 bits per heavy atom. The first kappa shape index (κ1) is 25.8. The lowest BCUT2D eigenvalue weighted by molar-refractivity contribution is -0.132. The minimum Gasteiger partial charge on any atom is -0.507 e. The van der Waals surface area contributed by atoms with Crippen LogP contribution in [0.1, 0.15) is 40.8 Å². The Morgan fingerprint density at radius 2 is 1.51 bits per heavy atom. The normalized spacial score (nSPS) is 16.7. The van der Waals surface area contributed by atoms with E-state index in [4.69, 9.17) is 14.2 Å². The fourth-order valence-electron chi connectivity index (χ4n) is 4.76. The molecule has 1 N–H and O–H groups in total. The zero-order valence-electron chi connectivity index (χ0n) is 21.9. The number of nitrogens with zero attached hydrogens (tertiary/aromatic N) is 1. The molecule has 0 radical (unpaired) electrons. The van der Waals surface area contributed by atoms with Crippen molar-refractivity contribution in [1.82, 2.24) is 0 Å². The number of amides is 1. The minimum atomic E-state index is -0.906. The Balaban J connectivity index is 2.03. The van der Waals surface area contributed by atoms with Crippen LogP contribution in [0.2, 0.25) is 0 Å². The van der Waals surface area contributed by atoms with Crippen molar-refractivity contribution < 1.29 is 28.9 Å². The fourth-order valence-corrected chi connectivity index (χ4v) is 4.76. The highest BCUT2D eigenvalue weighted by Gasteiger charge is 2.47. The van der Waals surface area contributed by atoms with Crippen molar-refractivity contribution in [2.24, 2.45) is 0 Å². The molecular formula is C30H31NO6. The van der Waals surface area contributed by atoms with Gasteiger partial charge in [0.1, 0.15) is 11.5 Å². The molecule has 1 unspecified atom stereocenters. The Hall–Kier alpha value is -4.26. The average Bonchev–Trinajstić information content (AvgIpc) is 3.14. The zero-order chi connectivity index (χ0) is 26.9. The van der Waals surface area contributed by atoms with E-state index in [1.165, 1.54) is 12.0 Å². The number of Topliss-reactive ketones (excluding diaryl/α,β-unsaturated/α-hetero) is 1. The second-order valence-electron chi connectivity index (χ2n) is 9.01. The van der Waals surface area contributed by atoms with Gasteiger partial charge in [-0.15, -0.1) is 0 Å². The Morgan fingerprint density at radius 1 is 0.865 bits per heavy atom. The van der Waals surface area contributed by atoms with Crippen LogP contribution >= 0.6 is 0 Å². The van der Waals surface area contributed by atoms with Gasteiger partial charge in [0, 0.05) is 5.69 Å². The first-order valence-corrected chi connectivity index (χ1v) is 12.1. The van der Waals surface area contributed by atoms with Gasteiger partial charge >= 0.3 is 0 Å². The van der Waals surface area contributed by atoms with Crippen molar-refractivity contribution >= 4 is 23.1 Å². The standard InChI is InChI=1S/C30H31NO6/c1-7-37-25-16-20(10-13-24(25)36-6)27-26(28(32)21-15-18(3)9-12-23(21)35-5)29(33)30(34)31(27)22-11-8-17(2)14-19(22)4/h8-16,27,32H,7H2,1-6H3/b28-26+. The molecule has 1 amide bonds. The van der Waals surface area contributed by atoms with Crippen molar-refractivity contribution in [2.75, 3.05) is 25.7 Å². The zero-order valence-corrected chi connectivity index (χ0v) is 21.9. The van der Waals surface area contributed by atoms with E-state index in [9.17, 15) is 14.7 Å². The lowest BCUT2D eigenvalue weighted by Crippen LogP contribution is -2.30. The number of anilines is 1. The van der Waals surface area contributed by atoms with E-state index >= 15 is 0 Å². The van der Waals surface area contributed by atoms with Crippen molar-refractivity contribution in [3.05, 3.63) is 88.0 Å². The number of carbonyl (C=O) groups excluding carboxylic acids is 2. The maximum absolute atomic E-state index is 13.6. The molecule has 192 valence electrons. The summed E-state index contributed by atoms with van der Waals surface area (Å²) in [5.41, 5.74) is 4.22. The predicted octanol–water partition coefficient (Wildman–Crippen LogP) is 5.65. The van der Waals surface area contributed by atoms with Crippen molar-refractivity contribution in [2.45, 2.75) is 33.7 Å². The number of methoxy groups -OCH3 is 2. The molecule has 0 saturated carbocycles. The molecule has 3 aromatic carbocycles. The molecule has 0 bridgehead atoms. The molecule has 0 aliphatic carbocycles. The van der Waals surface area contributed by atoms with Crippen molar-refractivity contribution in [1.29, 1.82) is 0 Å². The molecule has 4 rings (SSSR count). The summed E-state index contributed by atoms with van der Waals surface area (Å²) in [6.45, 7) is 7.99. The van der Waals surface area contributed by atoms with Crippen LogP contribution in [0.3, 0.4) is 0 Å². The number of aliphatic hydroxyl groups is 1. The van der Waals surface area contributed by atoms with Gasteiger partial charge in [-0.25, -0.2) is 0 Å². The third kappa shape index (κ3) is 4.65. The summed E-state index contributed by atoms with van der Waals surface area (Å²) >= 11 is 0. The highest BCUT2D eigenvalue weighted by atomic mass is 16.5. The number of benzene rings is 3. The molecule has 1 atom stereocenters. The van der Waals surface area contributed by atoms with E-state index in [-0.39, 0.29) is 11.3 Å². The molecule has 0 spiro atoms. The molecule has 1 aliphatic rings. The maximum Gasteiger partial charge on any atom is 0.300 e. The van der Waals surface area contributed by atoms with E-state index in [0.29, 0.717) is 40.7 Å². The quantitative estimate of drug-likeness (QED) is 0.256. The molecule has 1 fully saturated rings. The molecule has 1 heterocycles. The van der Waals surface area contributed by atoms with E-state index in [2.05, 4.69) is 0 Å². The van der Waals surface area contributed by atoms with Gasteiger partial charge in [-0.2, -0.15) is 0 Å². The highest BCUT2D eigenvalue weighted by molar-refractivity contribution is 6.51. The molecule has 1 aliphatic heterocycles. The molecule has 0 aromatic heterocycles. The van der Waals surface area contributed by atoms with Crippen LogP contribution < -0.4 is 19.1 Å².